The van der Waals surface area contributed by atoms with Gasteiger partial charge in [0.2, 0.25) is 5.75 Å². The normalized spacial score (nSPS) is 10.6. The van der Waals surface area contributed by atoms with Crippen LogP contribution in [-0.4, -0.2) is 29.1 Å². The fourth-order valence-electron chi connectivity index (χ4n) is 2.68. The van der Waals surface area contributed by atoms with Gasteiger partial charge in [-0.2, -0.15) is 5.10 Å². The van der Waals surface area contributed by atoms with Crippen molar-refractivity contribution in [2.45, 2.75) is 0 Å². The van der Waals surface area contributed by atoms with Gasteiger partial charge in [-0.15, -0.1) is 0 Å². The van der Waals surface area contributed by atoms with Gasteiger partial charge in [0.05, 0.1) is 29.2 Å². The molecule has 33 heavy (non-hydrogen) atoms. The van der Waals surface area contributed by atoms with Crippen LogP contribution in [0.4, 0.5) is 11.4 Å². The van der Waals surface area contributed by atoms with E-state index < -0.39 is 27.1 Å². The fraction of sp³-hybridized carbons (Fsp3) is 0.0476. The Balaban J connectivity index is 1.77. The van der Waals surface area contributed by atoms with Crippen LogP contribution in [-0.2, 0) is 0 Å². The van der Waals surface area contributed by atoms with Gasteiger partial charge < -0.3 is 9.47 Å². The lowest BCUT2D eigenvalue weighted by molar-refractivity contribution is -0.394. The van der Waals surface area contributed by atoms with Crippen molar-refractivity contribution in [2.75, 3.05) is 7.11 Å². The number of nitrogens with one attached hydrogen (secondary N) is 1. The second-order valence-electron chi connectivity index (χ2n) is 6.39. The molecular formula is C21H15BrN4O7. The van der Waals surface area contributed by atoms with E-state index in [0.717, 1.165) is 22.7 Å². The molecule has 11 nitrogen and oxygen atoms in total. The van der Waals surface area contributed by atoms with E-state index in [9.17, 15) is 25.0 Å². The van der Waals surface area contributed by atoms with Crippen LogP contribution in [0.2, 0.25) is 0 Å². The summed E-state index contributed by atoms with van der Waals surface area (Å²) >= 11 is 3.29. The minimum absolute atomic E-state index is 0.143. The summed E-state index contributed by atoms with van der Waals surface area (Å²) in [4.78, 5) is 32.8. The number of hydrogen-bond acceptors (Lipinski definition) is 8. The second-order valence-corrected chi connectivity index (χ2v) is 7.30. The maximum atomic E-state index is 12.1. The molecule has 0 bridgehead atoms. The molecule has 0 aliphatic heterocycles. The van der Waals surface area contributed by atoms with Crippen molar-refractivity contribution >= 4 is 39.4 Å². The van der Waals surface area contributed by atoms with Crippen molar-refractivity contribution in [3.8, 4) is 17.2 Å². The largest absolute Gasteiger partial charge is 0.493 e. The highest BCUT2D eigenvalue weighted by atomic mass is 79.9. The summed E-state index contributed by atoms with van der Waals surface area (Å²) in [6, 6.07) is 14.5. The lowest BCUT2D eigenvalue weighted by Gasteiger charge is -2.11. The Morgan fingerprint density at radius 1 is 1.00 bits per heavy atom. The molecule has 0 spiro atoms. The average Bonchev–Trinajstić information content (AvgIpc) is 2.79. The lowest BCUT2D eigenvalue weighted by Crippen LogP contribution is -2.17. The molecule has 3 aromatic carbocycles. The first kappa shape index (κ1) is 23.3. The van der Waals surface area contributed by atoms with Crippen molar-refractivity contribution < 1.29 is 24.1 Å². The van der Waals surface area contributed by atoms with E-state index in [4.69, 9.17) is 9.47 Å². The molecule has 3 rings (SSSR count). The van der Waals surface area contributed by atoms with E-state index >= 15 is 0 Å². The maximum absolute atomic E-state index is 12.1. The highest BCUT2D eigenvalue weighted by Crippen LogP contribution is 2.38. The number of rotatable bonds is 8. The zero-order chi connectivity index (χ0) is 24.0. The van der Waals surface area contributed by atoms with E-state index in [1.807, 2.05) is 0 Å². The van der Waals surface area contributed by atoms with E-state index in [2.05, 4.69) is 26.5 Å². The molecule has 0 atom stereocenters. The van der Waals surface area contributed by atoms with Crippen molar-refractivity contribution in [2.24, 2.45) is 5.10 Å². The van der Waals surface area contributed by atoms with Crippen LogP contribution in [0.25, 0.3) is 0 Å². The number of carbonyl (C=O) groups excluding carboxylic acids is 1. The molecule has 0 aliphatic carbocycles. The van der Waals surface area contributed by atoms with Gasteiger partial charge in [0.25, 0.3) is 11.6 Å². The molecule has 12 heteroatoms. The summed E-state index contributed by atoms with van der Waals surface area (Å²) in [6.07, 6.45) is 1.39. The smallest absolute Gasteiger partial charge is 0.318 e. The van der Waals surface area contributed by atoms with E-state index in [1.165, 1.54) is 19.4 Å². The van der Waals surface area contributed by atoms with Gasteiger partial charge in [0, 0.05) is 16.1 Å². The Hall–Kier alpha value is -4.32. The van der Waals surface area contributed by atoms with Crippen LogP contribution in [0, 0.1) is 20.2 Å². The minimum atomic E-state index is -0.774. The maximum Gasteiger partial charge on any atom is 0.318 e. The van der Waals surface area contributed by atoms with E-state index in [-0.39, 0.29) is 17.2 Å². The average molecular weight is 515 g/mol. The summed E-state index contributed by atoms with van der Waals surface area (Å²) < 4.78 is 11.6. The van der Waals surface area contributed by atoms with Crippen LogP contribution in [0.15, 0.2) is 70.2 Å². The van der Waals surface area contributed by atoms with Gasteiger partial charge in [-0.25, -0.2) is 5.43 Å². The Bertz CT molecular complexity index is 1260. The van der Waals surface area contributed by atoms with Crippen LogP contribution >= 0.6 is 15.9 Å². The number of nitro benzene ring substituents is 2. The molecule has 3 aromatic rings. The molecule has 0 radical (unpaired) electrons. The molecular weight excluding hydrogens is 500 g/mol. The van der Waals surface area contributed by atoms with Gasteiger partial charge >= 0.3 is 5.69 Å². The molecule has 0 saturated heterocycles. The van der Waals surface area contributed by atoms with Crippen LogP contribution in [0.1, 0.15) is 15.9 Å². The third-order valence-electron chi connectivity index (χ3n) is 4.22. The van der Waals surface area contributed by atoms with Crippen molar-refractivity contribution in [1.82, 2.24) is 5.43 Å². The number of carbonyl (C=O) groups is 1. The number of hydrogen-bond donors (Lipinski definition) is 1. The van der Waals surface area contributed by atoms with Gasteiger partial charge in [-0.3, -0.25) is 25.0 Å². The van der Waals surface area contributed by atoms with Crippen LogP contribution in [0.5, 0.6) is 17.2 Å². The molecule has 0 fully saturated rings. The predicted octanol–water partition coefficient (Wildman–Crippen LogP) is 4.83. The first-order chi connectivity index (χ1) is 15.8. The zero-order valence-electron chi connectivity index (χ0n) is 16.9. The summed E-state index contributed by atoms with van der Waals surface area (Å²) in [5.74, 6) is -0.216. The summed E-state index contributed by atoms with van der Waals surface area (Å²) in [7, 11) is 1.38. The summed E-state index contributed by atoms with van der Waals surface area (Å²) in [6.45, 7) is 0. The Morgan fingerprint density at radius 2 is 1.76 bits per heavy atom. The minimum Gasteiger partial charge on any atom is -0.493 e. The van der Waals surface area contributed by atoms with Gasteiger partial charge in [-0.05, 0) is 48.0 Å². The second kappa shape index (κ2) is 10.3. The Labute approximate surface area is 195 Å². The number of ether oxygens (including phenoxy) is 2. The standard InChI is InChI=1S/C21H15BrN4O7/c1-32-20-9-13(12-23-24-21(27)14-3-2-4-15(22)10-14)5-7-19(20)33-18-8-6-16(25(28)29)11-17(18)26(30)31/h2-12H,1H3,(H,24,27). The quantitative estimate of drug-likeness (QED) is 0.257. The molecule has 0 saturated carbocycles. The molecule has 0 heterocycles. The zero-order valence-corrected chi connectivity index (χ0v) is 18.5. The lowest BCUT2D eigenvalue weighted by atomic mass is 10.2. The van der Waals surface area contributed by atoms with E-state index in [1.54, 1.807) is 36.4 Å². The first-order valence-electron chi connectivity index (χ1n) is 9.16. The number of amides is 1. The van der Waals surface area contributed by atoms with Crippen LogP contribution < -0.4 is 14.9 Å². The SMILES string of the molecule is COc1cc(C=NNC(=O)c2cccc(Br)c2)ccc1Oc1ccc([N+](=O)[O-])cc1[N+](=O)[O-]. The number of methoxy groups -OCH3 is 1. The third kappa shape index (κ3) is 5.89. The third-order valence-corrected chi connectivity index (χ3v) is 4.72. The van der Waals surface area contributed by atoms with Crippen molar-refractivity contribution in [1.29, 1.82) is 0 Å². The van der Waals surface area contributed by atoms with Gasteiger partial charge in [-0.1, -0.05) is 22.0 Å². The Morgan fingerprint density at radius 3 is 2.42 bits per heavy atom. The molecule has 1 N–H and O–H groups in total. The van der Waals surface area contributed by atoms with E-state index in [0.29, 0.717) is 11.1 Å². The number of nitro groups is 2. The number of halogens is 1. The monoisotopic (exact) mass is 514 g/mol. The van der Waals surface area contributed by atoms with Crippen molar-refractivity contribution in [3.63, 3.8) is 0 Å². The number of non-ortho nitro benzene ring substituents is 1. The van der Waals surface area contributed by atoms with Crippen molar-refractivity contribution in [3.05, 3.63) is 96.5 Å². The van der Waals surface area contributed by atoms with Gasteiger partial charge in [0.15, 0.2) is 11.5 Å². The number of benzene rings is 3. The molecule has 1 amide bonds. The molecule has 168 valence electrons. The number of nitrogens with zero attached hydrogens (tertiary/aromatic N) is 3. The van der Waals surface area contributed by atoms with Crippen LogP contribution in [0.3, 0.4) is 0 Å². The number of hydrazone groups is 1. The fourth-order valence-corrected chi connectivity index (χ4v) is 3.07. The first-order valence-corrected chi connectivity index (χ1v) is 9.95. The molecule has 0 aliphatic rings. The molecule has 0 unspecified atom stereocenters. The highest BCUT2D eigenvalue weighted by Gasteiger charge is 2.22. The van der Waals surface area contributed by atoms with Gasteiger partial charge in [0.1, 0.15) is 0 Å². The predicted molar refractivity (Wildman–Crippen MR) is 122 cm³/mol. The highest BCUT2D eigenvalue weighted by molar-refractivity contribution is 9.10. The molecule has 0 aromatic heterocycles. The summed E-state index contributed by atoms with van der Waals surface area (Å²) in [5.41, 5.74) is 2.38. The summed E-state index contributed by atoms with van der Waals surface area (Å²) in [5, 5.41) is 26.1. The topological polar surface area (TPSA) is 146 Å². The Kier molecular flexibility index (Phi) is 7.31.